The fourth-order valence-corrected chi connectivity index (χ4v) is 2.77. The molecule has 0 heterocycles. The quantitative estimate of drug-likeness (QED) is 0.104. The summed E-state index contributed by atoms with van der Waals surface area (Å²) >= 11 is 0. The lowest BCUT2D eigenvalue weighted by atomic mass is 10.0. The second kappa shape index (κ2) is 14.9. The van der Waals surface area contributed by atoms with E-state index in [4.69, 9.17) is 10.8 Å². The first-order chi connectivity index (χ1) is 16.1. The molecule has 200 valence electrons. The van der Waals surface area contributed by atoms with Gasteiger partial charge in [-0.25, -0.2) is 4.79 Å². The summed E-state index contributed by atoms with van der Waals surface area (Å²) in [5.74, 6) is -6.63. The fraction of sp³-hybridized carbons (Fsp3) is 0.700. The molecule has 0 radical (unpaired) electrons. The van der Waals surface area contributed by atoms with Gasteiger partial charge in [0.1, 0.15) is 24.2 Å². The Balaban J connectivity index is 5.20. The van der Waals surface area contributed by atoms with Crippen molar-refractivity contribution >= 4 is 35.6 Å². The van der Waals surface area contributed by atoms with Gasteiger partial charge in [0.25, 0.3) is 0 Å². The summed E-state index contributed by atoms with van der Waals surface area (Å²) in [5.41, 5.74) is 5.41. The summed E-state index contributed by atoms with van der Waals surface area (Å²) in [6.07, 6.45) is -2.04. The van der Waals surface area contributed by atoms with Crippen LogP contribution in [0.15, 0.2) is 0 Å². The number of carboxylic acid groups (broad SMARTS) is 2. The molecule has 10 N–H and O–H groups in total. The van der Waals surface area contributed by atoms with Gasteiger partial charge in [0.05, 0.1) is 25.2 Å². The predicted octanol–water partition coefficient (Wildman–Crippen LogP) is -3.75. The molecule has 4 amide bonds. The van der Waals surface area contributed by atoms with Crippen LogP contribution in [-0.4, -0.2) is 98.9 Å². The maximum atomic E-state index is 12.5. The molecule has 6 atom stereocenters. The van der Waals surface area contributed by atoms with Gasteiger partial charge < -0.3 is 47.4 Å². The van der Waals surface area contributed by atoms with Crippen LogP contribution in [-0.2, 0) is 28.8 Å². The zero-order chi connectivity index (χ0) is 27.5. The Kier molecular flexibility index (Phi) is 13.5. The van der Waals surface area contributed by atoms with Crippen molar-refractivity contribution < 1.29 is 49.2 Å². The Morgan fingerprint density at radius 2 is 1.31 bits per heavy atom. The number of carbonyl (C=O) groups is 6. The molecule has 0 aromatic carbocycles. The molecule has 0 rings (SSSR count). The van der Waals surface area contributed by atoms with Crippen molar-refractivity contribution in [3.05, 3.63) is 0 Å². The summed E-state index contributed by atoms with van der Waals surface area (Å²) in [5, 5.41) is 46.1. The lowest BCUT2D eigenvalue weighted by Crippen LogP contribution is -2.61. The summed E-state index contributed by atoms with van der Waals surface area (Å²) in [6.45, 7) is 4.96. The first-order valence-corrected chi connectivity index (χ1v) is 10.8. The van der Waals surface area contributed by atoms with E-state index in [-0.39, 0.29) is 12.3 Å². The van der Waals surface area contributed by atoms with Crippen molar-refractivity contribution in [2.45, 2.75) is 76.8 Å². The highest BCUT2D eigenvalue weighted by atomic mass is 16.4. The molecule has 15 nitrogen and oxygen atoms in total. The van der Waals surface area contributed by atoms with Gasteiger partial charge >= 0.3 is 11.9 Å². The van der Waals surface area contributed by atoms with E-state index in [1.54, 1.807) is 13.8 Å². The van der Waals surface area contributed by atoms with Crippen LogP contribution in [0, 0.1) is 5.92 Å². The second-order valence-corrected chi connectivity index (χ2v) is 8.43. The van der Waals surface area contributed by atoms with Gasteiger partial charge in [-0.2, -0.15) is 0 Å². The van der Waals surface area contributed by atoms with E-state index < -0.39 is 84.9 Å². The second-order valence-electron chi connectivity index (χ2n) is 8.43. The number of nitrogens with two attached hydrogens (primary N) is 1. The third kappa shape index (κ3) is 11.6. The highest BCUT2D eigenvalue weighted by Gasteiger charge is 2.33. The SMILES string of the molecule is CC(C)C[C@H](NC(=O)[C@@H](NC(=O)[C@H](CO)NC(=O)[C@H](C)NC(=O)[C@@H](N)CC(=O)O)[C@@H](C)O)C(=O)O. The van der Waals surface area contributed by atoms with E-state index in [2.05, 4.69) is 21.3 Å². The van der Waals surface area contributed by atoms with Gasteiger partial charge in [-0.05, 0) is 26.2 Å². The number of carbonyl (C=O) groups excluding carboxylic acids is 4. The van der Waals surface area contributed by atoms with Crippen LogP contribution in [0.5, 0.6) is 0 Å². The molecule has 0 spiro atoms. The molecule has 0 aliphatic heterocycles. The molecule has 0 aromatic heterocycles. The molecule has 0 aliphatic rings. The molecular weight excluding hydrogens is 470 g/mol. The van der Waals surface area contributed by atoms with Crippen LogP contribution >= 0.6 is 0 Å². The number of aliphatic carboxylic acids is 2. The largest absolute Gasteiger partial charge is 0.481 e. The van der Waals surface area contributed by atoms with Gasteiger partial charge in [-0.3, -0.25) is 24.0 Å². The van der Waals surface area contributed by atoms with E-state index in [0.717, 1.165) is 0 Å². The van der Waals surface area contributed by atoms with Crippen molar-refractivity contribution in [3.63, 3.8) is 0 Å². The number of nitrogens with one attached hydrogen (secondary N) is 4. The summed E-state index contributed by atoms with van der Waals surface area (Å²) in [4.78, 5) is 71.2. The average Bonchev–Trinajstić information content (AvgIpc) is 2.73. The van der Waals surface area contributed by atoms with Gasteiger partial charge in [0, 0.05) is 0 Å². The van der Waals surface area contributed by atoms with Gasteiger partial charge in [0.2, 0.25) is 23.6 Å². The lowest BCUT2D eigenvalue weighted by Gasteiger charge is -2.26. The zero-order valence-electron chi connectivity index (χ0n) is 20.0. The number of amides is 4. The van der Waals surface area contributed by atoms with E-state index in [1.807, 2.05) is 0 Å². The van der Waals surface area contributed by atoms with E-state index >= 15 is 0 Å². The van der Waals surface area contributed by atoms with Crippen molar-refractivity contribution in [1.82, 2.24) is 21.3 Å². The average molecular weight is 506 g/mol. The minimum Gasteiger partial charge on any atom is -0.481 e. The van der Waals surface area contributed by atoms with Crippen LogP contribution in [0.3, 0.4) is 0 Å². The van der Waals surface area contributed by atoms with E-state index in [0.29, 0.717) is 0 Å². The van der Waals surface area contributed by atoms with Crippen LogP contribution in [0.25, 0.3) is 0 Å². The molecular formula is C20H35N5O10. The summed E-state index contributed by atoms with van der Waals surface area (Å²) < 4.78 is 0. The first kappa shape index (κ1) is 31.7. The lowest BCUT2D eigenvalue weighted by molar-refractivity contribution is -0.143. The van der Waals surface area contributed by atoms with Crippen molar-refractivity contribution in [2.75, 3.05) is 6.61 Å². The Morgan fingerprint density at radius 3 is 1.74 bits per heavy atom. The predicted molar refractivity (Wildman–Crippen MR) is 119 cm³/mol. The normalized spacial score (nSPS) is 16.1. The molecule has 0 aromatic rings. The number of aliphatic hydroxyl groups is 2. The monoisotopic (exact) mass is 505 g/mol. The molecule has 0 bridgehead atoms. The van der Waals surface area contributed by atoms with Crippen LogP contribution in [0.4, 0.5) is 0 Å². The highest BCUT2D eigenvalue weighted by molar-refractivity contribution is 5.95. The first-order valence-electron chi connectivity index (χ1n) is 10.8. The Labute approximate surface area is 201 Å². The minimum atomic E-state index is -1.60. The standard InChI is InChI=1S/C20H35N5O10/c1-8(2)5-12(20(34)35)23-19(33)15(10(4)27)25-18(32)13(7-26)24-16(30)9(3)22-17(31)11(21)6-14(28)29/h8-13,15,26-27H,5-7,21H2,1-4H3,(H,22,31)(H,23,33)(H,24,30)(H,25,32)(H,28,29)(H,34,35)/t9-,10+,11-,12-,13-,15-/m0/s1. The van der Waals surface area contributed by atoms with Gasteiger partial charge in [-0.15, -0.1) is 0 Å². The zero-order valence-corrected chi connectivity index (χ0v) is 20.0. The molecule has 15 heteroatoms. The Hall–Kier alpha value is -3.30. The number of carboxylic acids is 2. The van der Waals surface area contributed by atoms with E-state index in [9.17, 15) is 44.1 Å². The number of rotatable bonds is 15. The third-order valence-corrected chi connectivity index (χ3v) is 4.68. The van der Waals surface area contributed by atoms with Crippen LogP contribution in [0.1, 0.15) is 40.5 Å². The number of hydrogen-bond donors (Lipinski definition) is 9. The Morgan fingerprint density at radius 1 is 0.771 bits per heavy atom. The van der Waals surface area contributed by atoms with Gasteiger partial charge in [-0.1, -0.05) is 13.8 Å². The molecule has 0 aliphatic carbocycles. The highest BCUT2D eigenvalue weighted by Crippen LogP contribution is 2.06. The maximum absolute atomic E-state index is 12.5. The molecule has 35 heavy (non-hydrogen) atoms. The Bertz CT molecular complexity index is 788. The summed E-state index contributed by atoms with van der Waals surface area (Å²) in [6, 6.07) is -7.17. The van der Waals surface area contributed by atoms with E-state index in [1.165, 1.54) is 13.8 Å². The fourth-order valence-electron chi connectivity index (χ4n) is 2.77. The topological polar surface area (TPSA) is 257 Å². The summed E-state index contributed by atoms with van der Waals surface area (Å²) in [7, 11) is 0. The molecule has 0 fully saturated rings. The molecule has 0 unspecified atom stereocenters. The van der Waals surface area contributed by atoms with Crippen LogP contribution in [0.2, 0.25) is 0 Å². The smallest absolute Gasteiger partial charge is 0.326 e. The van der Waals surface area contributed by atoms with Crippen LogP contribution < -0.4 is 27.0 Å². The molecule has 0 saturated heterocycles. The van der Waals surface area contributed by atoms with Crippen molar-refractivity contribution in [3.8, 4) is 0 Å². The minimum absolute atomic E-state index is 0.0777. The van der Waals surface area contributed by atoms with Crippen molar-refractivity contribution in [2.24, 2.45) is 11.7 Å². The number of aliphatic hydroxyl groups excluding tert-OH is 2. The number of hydrogen-bond acceptors (Lipinski definition) is 9. The molecule has 0 saturated carbocycles. The van der Waals surface area contributed by atoms with Gasteiger partial charge in [0.15, 0.2) is 0 Å². The van der Waals surface area contributed by atoms with Crippen molar-refractivity contribution in [1.29, 1.82) is 0 Å². The maximum Gasteiger partial charge on any atom is 0.326 e. The third-order valence-electron chi connectivity index (χ3n) is 4.68.